The molecular weight excluding hydrogens is 262 g/mol. The Kier molecular flexibility index (Phi) is 3.75. The number of primary amides is 1. The third-order valence-electron chi connectivity index (χ3n) is 2.73. The summed E-state index contributed by atoms with van der Waals surface area (Å²) in [6.45, 7) is 3.68. The molecule has 0 fully saturated rings. The lowest BCUT2D eigenvalue weighted by Crippen LogP contribution is -2.23. The maximum Gasteiger partial charge on any atom is 0.230 e. The molecule has 0 aliphatic carbocycles. The molecule has 0 unspecified atom stereocenters. The Labute approximate surface area is 115 Å². The van der Waals surface area contributed by atoms with Crippen molar-refractivity contribution in [3.8, 4) is 11.4 Å². The summed E-state index contributed by atoms with van der Waals surface area (Å²) in [4.78, 5) is 11.0. The first-order valence-electron chi connectivity index (χ1n) is 5.73. The molecule has 1 heterocycles. The molecule has 2 aromatic rings. The Morgan fingerprint density at radius 2 is 2.05 bits per heavy atom. The van der Waals surface area contributed by atoms with Crippen molar-refractivity contribution in [1.29, 1.82) is 0 Å². The monoisotopic (exact) mass is 277 g/mol. The van der Waals surface area contributed by atoms with Crippen LogP contribution >= 0.6 is 11.8 Å². The summed E-state index contributed by atoms with van der Waals surface area (Å²) in [7, 11) is 0. The van der Waals surface area contributed by atoms with Crippen LogP contribution in [0, 0.1) is 6.92 Å². The number of nitrogen functional groups attached to an aromatic ring is 1. The number of nitrogens with zero attached hydrogens (tertiary/aromatic N) is 3. The van der Waals surface area contributed by atoms with Crippen LogP contribution in [0.25, 0.3) is 11.4 Å². The van der Waals surface area contributed by atoms with Crippen molar-refractivity contribution in [2.45, 2.75) is 24.3 Å². The number of benzene rings is 1. The fraction of sp³-hybridized carbons (Fsp3) is 0.250. The normalized spacial score (nSPS) is 12.3. The predicted octanol–water partition coefficient (Wildman–Crippen LogP) is 0.933. The quantitative estimate of drug-likeness (QED) is 0.639. The second-order valence-electron chi connectivity index (χ2n) is 4.15. The molecule has 4 N–H and O–H groups in total. The third-order valence-corrected chi connectivity index (χ3v) is 3.81. The van der Waals surface area contributed by atoms with Crippen molar-refractivity contribution < 1.29 is 4.79 Å². The van der Waals surface area contributed by atoms with E-state index >= 15 is 0 Å². The lowest BCUT2D eigenvalue weighted by molar-refractivity contribution is -0.117. The highest BCUT2D eigenvalue weighted by Gasteiger charge is 2.18. The molecule has 0 radical (unpaired) electrons. The SMILES string of the molecule is Cc1ccccc1-c1nnc(S[C@@H](C)C(N)=O)n1N. The number of hydrogen-bond acceptors (Lipinski definition) is 5. The van der Waals surface area contributed by atoms with E-state index in [1.54, 1.807) is 6.92 Å². The first-order chi connectivity index (χ1) is 9.00. The number of nitrogens with two attached hydrogens (primary N) is 2. The Bertz CT molecular complexity index is 610. The van der Waals surface area contributed by atoms with Crippen LogP contribution in [0.1, 0.15) is 12.5 Å². The van der Waals surface area contributed by atoms with Crippen molar-refractivity contribution in [3.05, 3.63) is 29.8 Å². The predicted molar refractivity (Wildman–Crippen MR) is 74.9 cm³/mol. The summed E-state index contributed by atoms with van der Waals surface area (Å²) in [5, 5.41) is 8.13. The second kappa shape index (κ2) is 5.31. The average molecular weight is 277 g/mol. The molecule has 0 saturated heterocycles. The van der Waals surface area contributed by atoms with Gasteiger partial charge in [-0.15, -0.1) is 10.2 Å². The number of rotatable bonds is 4. The van der Waals surface area contributed by atoms with E-state index in [4.69, 9.17) is 11.6 Å². The number of thioether (sulfide) groups is 1. The van der Waals surface area contributed by atoms with E-state index in [9.17, 15) is 4.79 Å². The zero-order valence-electron chi connectivity index (χ0n) is 10.7. The summed E-state index contributed by atoms with van der Waals surface area (Å²) >= 11 is 1.19. The van der Waals surface area contributed by atoms with Crippen LogP contribution in [-0.4, -0.2) is 26.0 Å². The zero-order chi connectivity index (χ0) is 14.0. The highest BCUT2D eigenvalue weighted by atomic mass is 32.2. The largest absolute Gasteiger partial charge is 0.369 e. The molecule has 0 spiro atoms. The number of carbonyl (C=O) groups excluding carboxylic acids is 1. The smallest absolute Gasteiger partial charge is 0.230 e. The van der Waals surface area contributed by atoms with Gasteiger partial charge in [-0.05, 0) is 19.4 Å². The van der Waals surface area contributed by atoms with E-state index in [1.807, 2.05) is 31.2 Å². The molecule has 0 aliphatic heterocycles. The number of carbonyl (C=O) groups is 1. The molecule has 6 nitrogen and oxygen atoms in total. The molecule has 1 amide bonds. The first kappa shape index (κ1) is 13.4. The van der Waals surface area contributed by atoms with Crippen LogP contribution in [0.2, 0.25) is 0 Å². The van der Waals surface area contributed by atoms with Crippen molar-refractivity contribution >= 4 is 17.7 Å². The summed E-state index contributed by atoms with van der Waals surface area (Å²) in [5.74, 6) is 6.13. The van der Waals surface area contributed by atoms with Gasteiger partial charge in [0.1, 0.15) is 0 Å². The minimum atomic E-state index is -0.412. The Morgan fingerprint density at radius 1 is 1.37 bits per heavy atom. The maximum atomic E-state index is 11.0. The van der Waals surface area contributed by atoms with E-state index < -0.39 is 11.2 Å². The minimum Gasteiger partial charge on any atom is -0.369 e. The molecule has 19 heavy (non-hydrogen) atoms. The van der Waals surface area contributed by atoms with Crippen LogP contribution < -0.4 is 11.6 Å². The number of aromatic nitrogens is 3. The van der Waals surface area contributed by atoms with Gasteiger partial charge in [-0.2, -0.15) is 0 Å². The first-order valence-corrected chi connectivity index (χ1v) is 6.61. The zero-order valence-corrected chi connectivity index (χ0v) is 11.5. The van der Waals surface area contributed by atoms with Crippen molar-refractivity contribution in [3.63, 3.8) is 0 Å². The van der Waals surface area contributed by atoms with E-state index in [0.29, 0.717) is 11.0 Å². The Morgan fingerprint density at radius 3 is 2.68 bits per heavy atom. The fourth-order valence-electron chi connectivity index (χ4n) is 1.58. The van der Waals surface area contributed by atoms with Crippen molar-refractivity contribution in [2.75, 3.05) is 5.84 Å². The van der Waals surface area contributed by atoms with Crippen LogP contribution in [-0.2, 0) is 4.79 Å². The van der Waals surface area contributed by atoms with Crippen LogP contribution in [0.3, 0.4) is 0 Å². The molecule has 0 bridgehead atoms. The Hall–Kier alpha value is -2.02. The Balaban J connectivity index is 2.34. The van der Waals surface area contributed by atoms with Crippen molar-refractivity contribution in [1.82, 2.24) is 14.9 Å². The third kappa shape index (κ3) is 2.70. The second-order valence-corrected chi connectivity index (χ2v) is 5.46. The van der Waals surface area contributed by atoms with Gasteiger partial charge in [0.2, 0.25) is 11.1 Å². The highest BCUT2D eigenvalue weighted by Crippen LogP contribution is 2.26. The van der Waals surface area contributed by atoms with Crippen LogP contribution in [0.5, 0.6) is 0 Å². The van der Waals surface area contributed by atoms with E-state index in [2.05, 4.69) is 10.2 Å². The van der Waals surface area contributed by atoms with Crippen LogP contribution in [0.4, 0.5) is 0 Å². The topological polar surface area (TPSA) is 99.8 Å². The molecule has 2 rings (SSSR count). The molecule has 1 aromatic heterocycles. The van der Waals surface area contributed by atoms with Crippen LogP contribution in [0.15, 0.2) is 29.4 Å². The summed E-state index contributed by atoms with van der Waals surface area (Å²) < 4.78 is 1.38. The van der Waals surface area contributed by atoms with Gasteiger partial charge >= 0.3 is 0 Å². The average Bonchev–Trinajstić information content (AvgIpc) is 2.72. The summed E-state index contributed by atoms with van der Waals surface area (Å²) in [6.07, 6.45) is 0. The lowest BCUT2D eigenvalue weighted by Gasteiger charge is -2.07. The van der Waals surface area contributed by atoms with Gasteiger partial charge in [0, 0.05) is 5.56 Å². The molecule has 0 saturated carbocycles. The number of amides is 1. The van der Waals surface area contributed by atoms with Gasteiger partial charge in [-0.25, -0.2) is 4.68 Å². The van der Waals surface area contributed by atoms with Gasteiger partial charge < -0.3 is 11.6 Å². The molecule has 0 aliphatic rings. The summed E-state index contributed by atoms with van der Waals surface area (Å²) in [5.41, 5.74) is 7.19. The van der Waals surface area contributed by atoms with E-state index in [1.165, 1.54) is 16.4 Å². The lowest BCUT2D eigenvalue weighted by atomic mass is 10.1. The fourth-order valence-corrected chi connectivity index (χ4v) is 2.30. The standard InChI is InChI=1S/C12H15N5OS/c1-7-5-3-4-6-9(7)11-15-16-12(17(11)14)19-8(2)10(13)18/h3-6,8H,14H2,1-2H3,(H2,13,18)/t8-/m0/s1. The summed E-state index contributed by atoms with van der Waals surface area (Å²) in [6, 6.07) is 7.76. The molecule has 7 heteroatoms. The van der Waals surface area contributed by atoms with Gasteiger partial charge in [-0.1, -0.05) is 36.0 Å². The van der Waals surface area contributed by atoms with Crippen molar-refractivity contribution in [2.24, 2.45) is 5.73 Å². The highest BCUT2D eigenvalue weighted by molar-refractivity contribution is 8.00. The van der Waals surface area contributed by atoms with E-state index in [-0.39, 0.29) is 0 Å². The van der Waals surface area contributed by atoms with Gasteiger partial charge in [0.05, 0.1) is 5.25 Å². The molecule has 100 valence electrons. The molecule has 1 aromatic carbocycles. The van der Waals surface area contributed by atoms with Gasteiger partial charge in [-0.3, -0.25) is 4.79 Å². The maximum absolute atomic E-state index is 11.0. The van der Waals surface area contributed by atoms with E-state index in [0.717, 1.165) is 11.1 Å². The molecular formula is C12H15N5OS. The minimum absolute atomic E-state index is 0.406. The van der Waals surface area contributed by atoms with Gasteiger partial charge in [0.25, 0.3) is 0 Å². The van der Waals surface area contributed by atoms with Gasteiger partial charge in [0.15, 0.2) is 5.82 Å². The number of aryl methyl sites for hydroxylation is 1. The number of hydrogen-bond donors (Lipinski definition) is 2. The molecule has 1 atom stereocenters.